The van der Waals surface area contributed by atoms with Gasteiger partial charge in [-0.1, -0.05) is 6.07 Å². The van der Waals surface area contributed by atoms with Gasteiger partial charge < -0.3 is 10.1 Å². The third-order valence-corrected chi connectivity index (χ3v) is 3.27. The molecule has 0 spiro atoms. The van der Waals surface area contributed by atoms with E-state index in [1.807, 2.05) is 0 Å². The lowest BCUT2D eigenvalue weighted by Gasteiger charge is -2.14. The maximum atomic E-state index is 13.0. The monoisotopic (exact) mass is 409 g/mol. The topological polar surface area (TPSA) is 55.4 Å². The standard InChI is InChI=1S/C17H10F7NO3/c18-12-3-1-2-9(4-12)15(27)28-8-14(26)25-13-6-10(16(19,20)21)5-11(7-13)17(22,23)24/h1-7H,8H2,(H,25,26). The summed E-state index contributed by atoms with van der Waals surface area (Å²) in [5, 5.41) is 1.79. The molecule has 0 radical (unpaired) electrons. The lowest BCUT2D eigenvalue weighted by molar-refractivity contribution is -0.143. The molecule has 0 saturated carbocycles. The van der Waals surface area contributed by atoms with Crippen LogP contribution in [0.15, 0.2) is 42.5 Å². The number of alkyl halides is 6. The molecular weight excluding hydrogens is 399 g/mol. The Balaban J connectivity index is 2.11. The summed E-state index contributed by atoms with van der Waals surface area (Å²) >= 11 is 0. The zero-order chi connectivity index (χ0) is 21.1. The molecule has 2 aromatic rings. The highest BCUT2D eigenvalue weighted by Crippen LogP contribution is 2.37. The molecule has 0 aliphatic carbocycles. The summed E-state index contributed by atoms with van der Waals surface area (Å²) in [7, 11) is 0. The Labute approximate surface area is 152 Å². The summed E-state index contributed by atoms with van der Waals surface area (Å²) in [6, 6.07) is 4.78. The molecule has 1 N–H and O–H groups in total. The van der Waals surface area contributed by atoms with Crippen molar-refractivity contribution in [3.63, 3.8) is 0 Å². The highest BCUT2D eigenvalue weighted by Gasteiger charge is 2.37. The summed E-state index contributed by atoms with van der Waals surface area (Å²) in [4.78, 5) is 23.4. The van der Waals surface area contributed by atoms with Crippen molar-refractivity contribution in [3.05, 3.63) is 65.0 Å². The second-order valence-electron chi connectivity index (χ2n) is 5.43. The predicted octanol–water partition coefficient (Wildman–Crippen LogP) is 4.66. The van der Waals surface area contributed by atoms with Gasteiger partial charge in [0, 0.05) is 5.69 Å². The van der Waals surface area contributed by atoms with E-state index in [0.29, 0.717) is 12.1 Å². The van der Waals surface area contributed by atoms with E-state index >= 15 is 0 Å². The summed E-state index contributed by atoms with van der Waals surface area (Å²) in [6.07, 6.45) is -10.2. The van der Waals surface area contributed by atoms with Crippen LogP contribution in [0.5, 0.6) is 0 Å². The van der Waals surface area contributed by atoms with Crippen molar-refractivity contribution in [2.75, 3.05) is 11.9 Å². The molecule has 2 aromatic carbocycles. The van der Waals surface area contributed by atoms with Crippen molar-refractivity contribution in [2.24, 2.45) is 0 Å². The lowest BCUT2D eigenvalue weighted by Crippen LogP contribution is -2.22. The van der Waals surface area contributed by atoms with E-state index < -0.39 is 53.5 Å². The van der Waals surface area contributed by atoms with Crippen LogP contribution < -0.4 is 5.32 Å². The van der Waals surface area contributed by atoms with Gasteiger partial charge in [-0.3, -0.25) is 4.79 Å². The highest BCUT2D eigenvalue weighted by atomic mass is 19.4. The zero-order valence-electron chi connectivity index (χ0n) is 13.6. The van der Waals surface area contributed by atoms with E-state index in [2.05, 4.69) is 4.74 Å². The molecule has 11 heteroatoms. The fourth-order valence-electron chi connectivity index (χ4n) is 2.05. The molecular formula is C17H10F7NO3. The Kier molecular flexibility index (Phi) is 5.95. The van der Waals surface area contributed by atoms with E-state index in [4.69, 9.17) is 0 Å². The van der Waals surface area contributed by atoms with Crippen molar-refractivity contribution in [1.29, 1.82) is 0 Å². The van der Waals surface area contributed by atoms with Gasteiger partial charge in [0.2, 0.25) is 0 Å². The van der Waals surface area contributed by atoms with Crippen LogP contribution in [0.25, 0.3) is 0 Å². The first-order valence-electron chi connectivity index (χ1n) is 7.38. The number of hydrogen-bond acceptors (Lipinski definition) is 3. The Morgan fingerprint density at radius 3 is 1.96 bits per heavy atom. The number of esters is 1. The normalized spacial score (nSPS) is 11.8. The number of ether oxygens (including phenoxy) is 1. The molecule has 0 atom stereocenters. The third kappa shape index (κ3) is 5.69. The van der Waals surface area contributed by atoms with Gasteiger partial charge in [0.1, 0.15) is 5.82 Å². The van der Waals surface area contributed by atoms with Crippen LogP contribution in [-0.4, -0.2) is 18.5 Å². The molecule has 0 aromatic heterocycles. The van der Waals surface area contributed by atoms with Crippen molar-refractivity contribution >= 4 is 17.6 Å². The number of amides is 1. The number of halogens is 7. The number of carbonyl (C=O) groups excluding carboxylic acids is 2. The first kappa shape index (κ1) is 21.2. The highest BCUT2D eigenvalue weighted by molar-refractivity contribution is 5.95. The molecule has 2 rings (SSSR count). The number of nitrogens with one attached hydrogen (secondary N) is 1. The van der Waals surface area contributed by atoms with E-state index in [1.165, 1.54) is 12.1 Å². The van der Waals surface area contributed by atoms with Crippen LogP contribution in [0.1, 0.15) is 21.5 Å². The Morgan fingerprint density at radius 1 is 0.893 bits per heavy atom. The number of benzene rings is 2. The predicted molar refractivity (Wildman–Crippen MR) is 81.8 cm³/mol. The van der Waals surface area contributed by atoms with Gasteiger partial charge in [-0.05, 0) is 36.4 Å². The van der Waals surface area contributed by atoms with Crippen molar-refractivity contribution < 1.29 is 45.1 Å². The lowest BCUT2D eigenvalue weighted by atomic mass is 10.1. The minimum absolute atomic E-state index is 0.0976. The van der Waals surface area contributed by atoms with Crippen LogP contribution in [0.3, 0.4) is 0 Å². The third-order valence-electron chi connectivity index (χ3n) is 3.27. The zero-order valence-corrected chi connectivity index (χ0v) is 13.6. The Hall–Kier alpha value is -3.11. The summed E-state index contributed by atoms with van der Waals surface area (Å²) in [5.41, 5.74) is -4.25. The molecule has 0 aliphatic rings. The van der Waals surface area contributed by atoms with E-state index in [9.17, 15) is 40.3 Å². The summed E-state index contributed by atoms with van der Waals surface area (Å²) in [5.74, 6) is -3.03. The average Bonchev–Trinajstić information content (AvgIpc) is 2.58. The summed E-state index contributed by atoms with van der Waals surface area (Å²) in [6.45, 7) is -1.01. The van der Waals surface area contributed by atoms with Crippen molar-refractivity contribution in [1.82, 2.24) is 0 Å². The minimum Gasteiger partial charge on any atom is -0.452 e. The number of anilines is 1. The molecule has 28 heavy (non-hydrogen) atoms. The molecule has 0 aliphatic heterocycles. The van der Waals surface area contributed by atoms with E-state index in [-0.39, 0.29) is 11.6 Å². The maximum absolute atomic E-state index is 13.0. The van der Waals surface area contributed by atoms with Crippen LogP contribution in [0, 0.1) is 5.82 Å². The number of carbonyl (C=O) groups is 2. The number of hydrogen-bond donors (Lipinski definition) is 1. The van der Waals surface area contributed by atoms with Gasteiger partial charge in [-0.2, -0.15) is 26.3 Å². The van der Waals surface area contributed by atoms with Gasteiger partial charge in [0.25, 0.3) is 5.91 Å². The first-order valence-corrected chi connectivity index (χ1v) is 7.38. The SMILES string of the molecule is O=C(COC(=O)c1cccc(F)c1)Nc1cc(C(F)(F)F)cc(C(F)(F)F)c1. The number of rotatable bonds is 4. The smallest absolute Gasteiger partial charge is 0.416 e. The first-order chi connectivity index (χ1) is 12.9. The molecule has 0 unspecified atom stereocenters. The van der Waals surface area contributed by atoms with Gasteiger partial charge in [-0.25, -0.2) is 9.18 Å². The molecule has 0 fully saturated rings. The second-order valence-corrected chi connectivity index (χ2v) is 5.43. The summed E-state index contributed by atoms with van der Waals surface area (Å²) < 4.78 is 94.2. The van der Waals surface area contributed by atoms with Crippen molar-refractivity contribution in [2.45, 2.75) is 12.4 Å². The van der Waals surface area contributed by atoms with E-state index in [1.54, 1.807) is 5.32 Å². The maximum Gasteiger partial charge on any atom is 0.416 e. The van der Waals surface area contributed by atoms with Crippen molar-refractivity contribution in [3.8, 4) is 0 Å². The molecule has 0 heterocycles. The van der Waals surface area contributed by atoms with Gasteiger partial charge in [0.05, 0.1) is 16.7 Å². The molecule has 4 nitrogen and oxygen atoms in total. The fourth-order valence-corrected chi connectivity index (χ4v) is 2.05. The van der Waals surface area contributed by atoms with Gasteiger partial charge >= 0.3 is 18.3 Å². The second kappa shape index (κ2) is 7.87. The fraction of sp³-hybridized carbons (Fsp3) is 0.176. The quantitative estimate of drug-likeness (QED) is 0.591. The van der Waals surface area contributed by atoms with Gasteiger partial charge in [-0.15, -0.1) is 0 Å². The minimum atomic E-state index is -5.08. The largest absolute Gasteiger partial charge is 0.452 e. The van der Waals surface area contributed by atoms with E-state index in [0.717, 1.165) is 12.1 Å². The van der Waals surface area contributed by atoms with Gasteiger partial charge in [0.15, 0.2) is 6.61 Å². The molecule has 150 valence electrons. The average molecular weight is 409 g/mol. The van der Waals surface area contributed by atoms with Crippen LogP contribution >= 0.6 is 0 Å². The van der Waals surface area contributed by atoms with Crippen LogP contribution in [-0.2, 0) is 21.9 Å². The Bertz CT molecular complexity index is 859. The Morgan fingerprint density at radius 2 is 1.46 bits per heavy atom. The van der Waals surface area contributed by atoms with Crippen LogP contribution in [0.4, 0.5) is 36.4 Å². The van der Waals surface area contributed by atoms with Crippen LogP contribution in [0.2, 0.25) is 0 Å². The molecule has 1 amide bonds. The molecule has 0 bridgehead atoms. The molecule has 0 saturated heterocycles.